The number of alkyl carbamates (subject to hydrolysis) is 1. The van der Waals surface area contributed by atoms with E-state index in [4.69, 9.17) is 4.74 Å². The number of benzene rings is 1. The van der Waals surface area contributed by atoms with Crippen molar-refractivity contribution in [3.8, 4) is 0 Å². The highest BCUT2D eigenvalue weighted by atomic mass is 16.6. The lowest BCUT2D eigenvalue weighted by Crippen LogP contribution is -2.44. The smallest absolute Gasteiger partial charge is 0.408 e. The SMILES string of the molecule is CCCCN(CCCC)c1ccc(CC(NC(=O)OC(C)(C)C)C(=O)O)cc1. The first-order chi connectivity index (χ1) is 13.2. The second-order valence-electron chi connectivity index (χ2n) is 8.10. The minimum atomic E-state index is -1.08. The second kappa shape index (κ2) is 11.6. The largest absolute Gasteiger partial charge is 0.480 e. The number of rotatable bonds is 11. The van der Waals surface area contributed by atoms with Gasteiger partial charge in [0.25, 0.3) is 0 Å². The Morgan fingerprint density at radius 2 is 1.61 bits per heavy atom. The van der Waals surface area contributed by atoms with Crippen LogP contribution >= 0.6 is 0 Å². The van der Waals surface area contributed by atoms with Crippen molar-refractivity contribution in [1.82, 2.24) is 5.32 Å². The maximum Gasteiger partial charge on any atom is 0.408 e. The van der Waals surface area contributed by atoms with Crippen molar-refractivity contribution < 1.29 is 19.4 Å². The Hall–Kier alpha value is -2.24. The van der Waals surface area contributed by atoms with Gasteiger partial charge in [0.1, 0.15) is 11.6 Å². The highest BCUT2D eigenvalue weighted by Crippen LogP contribution is 2.18. The number of nitrogens with one attached hydrogen (secondary N) is 1. The lowest BCUT2D eigenvalue weighted by molar-refractivity contribution is -0.139. The van der Waals surface area contributed by atoms with Gasteiger partial charge >= 0.3 is 12.1 Å². The van der Waals surface area contributed by atoms with Crippen molar-refractivity contribution in [1.29, 1.82) is 0 Å². The van der Waals surface area contributed by atoms with Crippen LogP contribution in [0.1, 0.15) is 65.9 Å². The normalized spacial score (nSPS) is 12.3. The first-order valence-electron chi connectivity index (χ1n) is 10.2. The molecule has 0 saturated carbocycles. The monoisotopic (exact) mass is 392 g/mol. The summed E-state index contributed by atoms with van der Waals surface area (Å²) in [5.41, 5.74) is 1.34. The van der Waals surface area contributed by atoms with E-state index < -0.39 is 23.7 Å². The number of ether oxygens (including phenoxy) is 1. The van der Waals surface area contributed by atoms with Gasteiger partial charge in [0, 0.05) is 25.2 Å². The van der Waals surface area contributed by atoms with Gasteiger partial charge in [-0.3, -0.25) is 0 Å². The molecule has 0 heterocycles. The summed E-state index contributed by atoms with van der Waals surface area (Å²) < 4.78 is 5.16. The fourth-order valence-corrected chi connectivity index (χ4v) is 2.80. The predicted molar refractivity (Wildman–Crippen MR) is 113 cm³/mol. The van der Waals surface area contributed by atoms with Crippen molar-refractivity contribution in [2.75, 3.05) is 18.0 Å². The van der Waals surface area contributed by atoms with Crippen LogP contribution in [0.15, 0.2) is 24.3 Å². The number of hydrogen-bond acceptors (Lipinski definition) is 4. The minimum absolute atomic E-state index is 0.207. The van der Waals surface area contributed by atoms with E-state index in [1.54, 1.807) is 20.8 Å². The van der Waals surface area contributed by atoms with Gasteiger partial charge in [-0.15, -0.1) is 0 Å². The number of carbonyl (C=O) groups is 2. The first kappa shape index (κ1) is 23.8. The lowest BCUT2D eigenvalue weighted by Gasteiger charge is -2.25. The summed E-state index contributed by atoms with van der Waals surface area (Å²) in [6.07, 6.45) is 4.08. The number of unbranched alkanes of at least 4 members (excludes halogenated alkanes) is 2. The minimum Gasteiger partial charge on any atom is -0.480 e. The van der Waals surface area contributed by atoms with Gasteiger partial charge in [-0.25, -0.2) is 9.59 Å². The summed E-state index contributed by atoms with van der Waals surface area (Å²) in [7, 11) is 0. The standard InChI is InChI=1S/C22H36N2O4/c1-6-8-14-24(15-9-7-2)18-12-10-17(11-13-18)16-19(20(25)26)23-21(27)28-22(3,4)5/h10-13,19H,6-9,14-16H2,1-5H3,(H,23,27)(H,25,26). The summed E-state index contributed by atoms with van der Waals surface area (Å²) in [4.78, 5) is 25.8. The van der Waals surface area contributed by atoms with Crippen LogP contribution in [-0.2, 0) is 16.0 Å². The molecule has 1 rings (SSSR count). The fourth-order valence-electron chi connectivity index (χ4n) is 2.80. The Morgan fingerprint density at radius 1 is 1.07 bits per heavy atom. The molecule has 0 aliphatic heterocycles. The van der Waals surface area contributed by atoms with Gasteiger partial charge in [-0.05, 0) is 51.3 Å². The third-order valence-electron chi connectivity index (χ3n) is 4.29. The van der Waals surface area contributed by atoms with E-state index in [9.17, 15) is 14.7 Å². The Kier molecular flexibility index (Phi) is 9.83. The molecular formula is C22H36N2O4. The van der Waals surface area contributed by atoms with Crippen LogP contribution in [-0.4, -0.2) is 41.9 Å². The summed E-state index contributed by atoms with van der Waals surface area (Å²) in [5.74, 6) is -1.08. The first-order valence-corrected chi connectivity index (χ1v) is 10.2. The molecule has 1 aromatic rings. The van der Waals surface area contributed by atoms with Gasteiger partial charge in [0.05, 0.1) is 0 Å². The van der Waals surface area contributed by atoms with Crippen molar-refractivity contribution in [2.24, 2.45) is 0 Å². The molecule has 0 aromatic heterocycles. The fraction of sp³-hybridized carbons (Fsp3) is 0.636. The summed E-state index contributed by atoms with van der Waals surface area (Å²) in [5, 5.41) is 11.9. The van der Waals surface area contributed by atoms with Gasteiger partial charge in [0.15, 0.2) is 0 Å². The highest BCUT2D eigenvalue weighted by Gasteiger charge is 2.24. The zero-order valence-corrected chi connectivity index (χ0v) is 18.0. The van der Waals surface area contributed by atoms with Crippen LogP contribution in [0.25, 0.3) is 0 Å². The van der Waals surface area contributed by atoms with Crippen LogP contribution in [0.4, 0.5) is 10.5 Å². The van der Waals surface area contributed by atoms with Crippen molar-refractivity contribution in [2.45, 2.75) is 78.4 Å². The number of carbonyl (C=O) groups excluding carboxylic acids is 1. The van der Waals surface area contributed by atoms with E-state index in [2.05, 4.69) is 24.1 Å². The maximum atomic E-state index is 11.9. The number of anilines is 1. The molecule has 0 aliphatic carbocycles. The Balaban J connectivity index is 2.78. The lowest BCUT2D eigenvalue weighted by atomic mass is 10.1. The van der Waals surface area contributed by atoms with Crippen LogP contribution in [0.2, 0.25) is 0 Å². The predicted octanol–water partition coefficient (Wildman–Crippen LogP) is 4.61. The zero-order valence-electron chi connectivity index (χ0n) is 18.0. The van der Waals surface area contributed by atoms with Crippen LogP contribution in [0, 0.1) is 0 Å². The van der Waals surface area contributed by atoms with Gasteiger partial charge in [-0.1, -0.05) is 38.8 Å². The second-order valence-corrected chi connectivity index (χ2v) is 8.10. The van der Waals surface area contributed by atoms with Crippen molar-refractivity contribution in [3.05, 3.63) is 29.8 Å². The van der Waals surface area contributed by atoms with Crippen molar-refractivity contribution >= 4 is 17.7 Å². The summed E-state index contributed by atoms with van der Waals surface area (Å²) >= 11 is 0. The third-order valence-corrected chi connectivity index (χ3v) is 4.29. The third kappa shape index (κ3) is 9.11. The summed E-state index contributed by atoms with van der Waals surface area (Å²) in [6, 6.07) is 6.91. The molecule has 1 aromatic carbocycles. The van der Waals surface area contributed by atoms with E-state index in [1.807, 2.05) is 24.3 Å². The van der Waals surface area contributed by atoms with E-state index in [0.717, 1.165) is 50.0 Å². The molecule has 1 unspecified atom stereocenters. The molecule has 6 heteroatoms. The molecular weight excluding hydrogens is 356 g/mol. The summed E-state index contributed by atoms with van der Waals surface area (Å²) in [6.45, 7) is 11.6. The number of carboxylic acids is 1. The van der Waals surface area contributed by atoms with Gasteiger partial charge in [0.2, 0.25) is 0 Å². The van der Waals surface area contributed by atoms with Crippen LogP contribution in [0.3, 0.4) is 0 Å². The molecule has 0 fully saturated rings. The van der Waals surface area contributed by atoms with Crippen molar-refractivity contribution in [3.63, 3.8) is 0 Å². The molecule has 2 N–H and O–H groups in total. The molecule has 1 amide bonds. The topological polar surface area (TPSA) is 78.9 Å². The number of carboxylic acid groups (broad SMARTS) is 1. The number of amides is 1. The Labute approximate surface area is 169 Å². The molecule has 0 radical (unpaired) electrons. The number of nitrogens with zero attached hydrogens (tertiary/aromatic N) is 1. The number of aliphatic carboxylic acids is 1. The molecule has 6 nitrogen and oxygen atoms in total. The van der Waals surface area contributed by atoms with E-state index in [0.29, 0.717) is 0 Å². The average Bonchev–Trinajstić information content (AvgIpc) is 2.60. The molecule has 1 atom stereocenters. The number of hydrogen-bond donors (Lipinski definition) is 2. The molecule has 0 aliphatic rings. The van der Waals surface area contributed by atoms with E-state index in [-0.39, 0.29) is 6.42 Å². The van der Waals surface area contributed by atoms with E-state index >= 15 is 0 Å². The van der Waals surface area contributed by atoms with E-state index in [1.165, 1.54) is 0 Å². The average molecular weight is 393 g/mol. The van der Waals surface area contributed by atoms with Gasteiger partial charge < -0.3 is 20.1 Å². The zero-order chi connectivity index (χ0) is 21.2. The molecule has 158 valence electrons. The Bertz CT molecular complexity index is 600. The molecule has 0 spiro atoms. The Morgan fingerprint density at radius 3 is 2.04 bits per heavy atom. The van der Waals surface area contributed by atoms with Crippen LogP contribution in [0.5, 0.6) is 0 Å². The van der Waals surface area contributed by atoms with Gasteiger partial charge in [-0.2, -0.15) is 0 Å². The highest BCUT2D eigenvalue weighted by molar-refractivity contribution is 5.80. The van der Waals surface area contributed by atoms with Crippen LogP contribution < -0.4 is 10.2 Å². The molecule has 0 bridgehead atoms. The quantitative estimate of drug-likeness (QED) is 0.575. The maximum absolute atomic E-state index is 11.9. The molecule has 0 saturated heterocycles. The molecule has 28 heavy (non-hydrogen) atoms.